The van der Waals surface area contributed by atoms with E-state index in [2.05, 4.69) is 0 Å². The fourth-order valence-corrected chi connectivity index (χ4v) is 2.48. The zero-order valence-corrected chi connectivity index (χ0v) is 13.1. The van der Waals surface area contributed by atoms with E-state index in [1.807, 2.05) is 36.4 Å². The lowest BCUT2D eigenvalue weighted by molar-refractivity contribution is 0.0693. The molecular formula is C19H22O4. The van der Waals surface area contributed by atoms with Crippen molar-refractivity contribution in [3.8, 4) is 16.9 Å². The van der Waals surface area contributed by atoms with Crippen LogP contribution in [-0.2, 0) is 0 Å². The van der Waals surface area contributed by atoms with Crippen LogP contribution >= 0.6 is 0 Å². The molecule has 4 heteroatoms. The Hall–Kier alpha value is -2.33. The van der Waals surface area contributed by atoms with Crippen molar-refractivity contribution in [2.75, 3.05) is 13.2 Å². The first-order valence-electron chi connectivity index (χ1n) is 7.89. The van der Waals surface area contributed by atoms with Gasteiger partial charge < -0.3 is 14.9 Å². The van der Waals surface area contributed by atoms with E-state index in [4.69, 9.17) is 9.84 Å². The summed E-state index contributed by atoms with van der Waals surface area (Å²) in [4.78, 5) is 11.7. The SMILES string of the molecule is O=C(O)c1c(OCCCCCCO)cccc1-c1ccccc1. The van der Waals surface area contributed by atoms with Gasteiger partial charge in [0.1, 0.15) is 11.3 Å². The Bertz CT molecular complexity index is 623. The highest BCUT2D eigenvalue weighted by Crippen LogP contribution is 2.30. The lowest BCUT2D eigenvalue weighted by Gasteiger charge is -2.13. The monoisotopic (exact) mass is 314 g/mol. The number of hydrogen-bond acceptors (Lipinski definition) is 3. The van der Waals surface area contributed by atoms with Crippen LogP contribution in [0.1, 0.15) is 36.0 Å². The first-order chi connectivity index (χ1) is 11.2. The number of aromatic carboxylic acids is 1. The molecule has 122 valence electrons. The first-order valence-corrected chi connectivity index (χ1v) is 7.89. The lowest BCUT2D eigenvalue weighted by atomic mass is 9.99. The van der Waals surface area contributed by atoms with Crippen LogP contribution < -0.4 is 4.74 Å². The van der Waals surface area contributed by atoms with E-state index < -0.39 is 5.97 Å². The highest BCUT2D eigenvalue weighted by atomic mass is 16.5. The third-order valence-electron chi connectivity index (χ3n) is 3.63. The number of carbonyl (C=O) groups is 1. The topological polar surface area (TPSA) is 66.8 Å². The molecule has 0 aliphatic rings. The van der Waals surface area contributed by atoms with Gasteiger partial charge in [-0.3, -0.25) is 0 Å². The van der Waals surface area contributed by atoms with Gasteiger partial charge in [-0.25, -0.2) is 4.79 Å². The Morgan fingerprint density at radius 3 is 2.35 bits per heavy atom. The molecule has 0 atom stereocenters. The number of carboxylic acids is 1. The number of aliphatic hydroxyl groups is 1. The molecule has 2 rings (SSSR count). The number of ether oxygens (including phenoxy) is 1. The average Bonchev–Trinajstić information content (AvgIpc) is 2.58. The fraction of sp³-hybridized carbons (Fsp3) is 0.316. The summed E-state index contributed by atoms with van der Waals surface area (Å²) in [5, 5.41) is 18.3. The minimum absolute atomic E-state index is 0.203. The predicted molar refractivity (Wildman–Crippen MR) is 89.9 cm³/mol. The van der Waals surface area contributed by atoms with Crippen molar-refractivity contribution in [3.05, 3.63) is 54.1 Å². The maximum absolute atomic E-state index is 11.7. The summed E-state index contributed by atoms with van der Waals surface area (Å²) in [6, 6.07) is 14.8. The van der Waals surface area contributed by atoms with Crippen molar-refractivity contribution in [1.82, 2.24) is 0 Å². The Morgan fingerprint density at radius 2 is 1.65 bits per heavy atom. The summed E-state index contributed by atoms with van der Waals surface area (Å²) in [6.45, 7) is 0.688. The van der Waals surface area contributed by atoms with E-state index >= 15 is 0 Å². The van der Waals surface area contributed by atoms with Crippen LogP contribution in [-0.4, -0.2) is 29.4 Å². The van der Waals surface area contributed by atoms with Gasteiger partial charge in [0.2, 0.25) is 0 Å². The normalized spacial score (nSPS) is 10.5. The molecule has 4 nitrogen and oxygen atoms in total. The van der Waals surface area contributed by atoms with Gasteiger partial charge in [0, 0.05) is 6.61 Å². The number of benzene rings is 2. The summed E-state index contributed by atoms with van der Waals surface area (Å²) in [5.41, 5.74) is 1.73. The number of unbranched alkanes of at least 4 members (excludes halogenated alkanes) is 3. The summed E-state index contributed by atoms with van der Waals surface area (Å²) < 4.78 is 5.70. The molecule has 0 aromatic heterocycles. The van der Waals surface area contributed by atoms with Crippen LogP contribution in [0.25, 0.3) is 11.1 Å². The number of carboxylic acid groups (broad SMARTS) is 1. The zero-order chi connectivity index (χ0) is 16.5. The molecule has 2 aromatic rings. The molecule has 0 amide bonds. The Balaban J connectivity index is 2.12. The van der Waals surface area contributed by atoms with Gasteiger partial charge in [0.05, 0.1) is 6.61 Å². The lowest BCUT2D eigenvalue weighted by Crippen LogP contribution is -2.06. The number of hydrogen-bond donors (Lipinski definition) is 2. The molecule has 0 saturated carbocycles. The van der Waals surface area contributed by atoms with Crippen molar-refractivity contribution < 1.29 is 19.7 Å². The minimum atomic E-state index is -0.986. The summed E-state index contributed by atoms with van der Waals surface area (Å²) in [5.74, 6) is -0.583. The summed E-state index contributed by atoms with van der Waals surface area (Å²) in [7, 11) is 0. The van der Waals surface area contributed by atoms with Gasteiger partial charge in [-0.05, 0) is 36.5 Å². The van der Waals surface area contributed by atoms with Crippen LogP contribution in [0.5, 0.6) is 5.75 Å². The van der Waals surface area contributed by atoms with Gasteiger partial charge >= 0.3 is 5.97 Å². The predicted octanol–water partition coefficient (Wildman–Crippen LogP) is 3.98. The highest BCUT2D eigenvalue weighted by Gasteiger charge is 2.17. The molecule has 0 spiro atoms. The van der Waals surface area contributed by atoms with E-state index in [0.29, 0.717) is 17.9 Å². The number of aliphatic hydroxyl groups excluding tert-OH is 1. The smallest absolute Gasteiger partial charge is 0.340 e. The van der Waals surface area contributed by atoms with E-state index in [-0.39, 0.29) is 12.2 Å². The molecule has 0 saturated heterocycles. The van der Waals surface area contributed by atoms with Crippen LogP contribution in [0, 0.1) is 0 Å². The maximum Gasteiger partial charge on any atom is 0.340 e. The van der Waals surface area contributed by atoms with E-state index in [9.17, 15) is 9.90 Å². The Kier molecular flexibility index (Phi) is 6.63. The standard InChI is InChI=1S/C19H22O4/c20-13-6-1-2-7-14-23-17-12-8-11-16(18(17)19(21)22)15-9-4-3-5-10-15/h3-5,8-12,20H,1-2,6-7,13-14H2,(H,21,22). The van der Waals surface area contributed by atoms with Crippen molar-refractivity contribution in [2.45, 2.75) is 25.7 Å². The molecule has 0 bridgehead atoms. The van der Waals surface area contributed by atoms with E-state index in [0.717, 1.165) is 31.2 Å². The van der Waals surface area contributed by atoms with Gasteiger partial charge in [-0.1, -0.05) is 48.9 Å². The minimum Gasteiger partial charge on any atom is -0.493 e. The fourth-order valence-electron chi connectivity index (χ4n) is 2.48. The van der Waals surface area contributed by atoms with Gasteiger partial charge in [0.15, 0.2) is 0 Å². The molecule has 0 radical (unpaired) electrons. The van der Waals surface area contributed by atoms with Crippen LogP contribution in [0.3, 0.4) is 0 Å². The highest BCUT2D eigenvalue weighted by molar-refractivity contribution is 5.99. The molecule has 0 aliphatic carbocycles. The summed E-state index contributed by atoms with van der Waals surface area (Å²) in [6.07, 6.45) is 3.55. The third kappa shape index (κ3) is 4.83. The molecule has 0 aliphatic heterocycles. The summed E-state index contributed by atoms with van der Waals surface area (Å²) >= 11 is 0. The van der Waals surface area contributed by atoms with E-state index in [1.165, 1.54) is 0 Å². The maximum atomic E-state index is 11.7. The second-order valence-corrected chi connectivity index (χ2v) is 5.34. The zero-order valence-electron chi connectivity index (χ0n) is 13.1. The van der Waals surface area contributed by atoms with Crippen LogP contribution in [0.2, 0.25) is 0 Å². The van der Waals surface area contributed by atoms with Gasteiger partial charge in [0.25, 0.3) is 0 Å². The van der Waals surface area contributed by atoms with Crippen molar-refractivity contribution in [2.24, 2.45) is 0 Å². The van der Waals surface area contributed by atoms with E-state index in [1.54, 1.807) is 12.1 Å². The number of rotatable bonds is 9. The van der Waals surface area contributed by atoms with Crippen molar-refractivity contribution in [3.63, 3.8) is 0 Å². The van der Waals surface area contributed by atoms with Crippen molar-refractivity contribution >= 4 is 5.97 Å². The second-order valence-electron chi connectivity index (χ2n) is 5.34. The quantitative estimate of drug-likeness (QED) is 0.687. The van der Waals surface area contributed by atoms with Crippen molar-refractivity contribution in [1.29, 1.82) is 0 Å². The largest absolute Gasteiger partial charge is 0.493 e. The molecular weight excluding hydrogens is 292 g/mol. The first kappa shape index (κ1) is 17.0. The second kappa shape index (κ2) is 8.96. The Morgan fingerprint density at radius 1 is 0.913 bits per heavy atom. The average molecular weight is 314 g/mol. The van der Waals surface area contributed by atoms with Gasteiger partial charge in [-0.2, -0.15) is 0 Å². The van der Waals surface area contributed by atoms with Crippen LogP contribution in [0.4, 0.5) is 0 Å². The molecule has 2 aromatic carbocycles. The molecule has 2 N–H and O–H groups in total. The molecule has 0 heterocycles. The molecule has 23 heavy (non-hydrogen) atoms. The molecule has 0 unspecified atom stereocenters. The van der Waals surface area contributed by atoms with Crippen LogP contribution in [0.15, 0.2) is 48.5 Å². The Labute approximate surface area is 136 Å². The van der Waals surface area contributed by atoms with Gasteiger partial charge in [-0.15, -0.1) is 0 Å². The molecule has 0 fully saturated rings. The third-order valence-corrected chi connectivity index (χ3v) is 3.63.